The monoisotopic (exact) mass is 407 g/mol. The summed E-state index contributed by atoms with van der Waals surface area (Å²) in [7, 11) is 0. The number of halogens is 1. The highest BCUT2D eigenvalue weighted by atomic mass is 19.1. The molecule has 0 atom stereocenters. The number of ketones is 1. The Hall–Kier alpha value is -3.35. The van der Waals surface area contributed by atoms with Crippen molar-refractivity contribution in [1.29, 1.82) is 0 Å². The highest BCUT2D eigenvalue weighted by Crippen LogP contribution is 2.20. The highest BCUT2D eigenvalue weighted by Gasteiger charge is 2.21. The molecule has 2 aromatic heterocycles. The van der Waals surface area contributed by atoms with Crippen molar-refractivity contribution in [3.8, 4) is 0 Å². The van der Waals surface area contributed by atoms with E-state index in [0.29, 0.717) is 11.1 Å². The lowest BCUT2D eigenvalue weighted by Crippen LogP contribution is -2.35. The van der Waals surface area contributed by atoms with Crippen LogP contribution in [-0.4, -0.2) is 27.3 Å². The number of carbonyl (C=O) groups excluding carboxylic acids is 2. The molecule has 4 rings (SSSR count). The molecule has 30 heavy (non-hydrogen) atoms. The Balaban J connectivity index is 1.80. The van der Waals surface area contributed by atoms with Gasteiger partial charge < -0.3 is 9.88 Å². The Morgan fingerprint density at radius 1 is 1.20 bits per heavy atom. The van der Waals surface area contributed by atoms with Gasteiger partial charge in [0.2, 0.25) is 11.3 Å². The summed E-state index contributed by atoms with van der Waals surface area (Å²) in [6.45, 7) is 1.45. The number of nitrogens with zero attached hydrogens (tertiary/aromatic N) is 2. The lowest BCUT2D eigenvalue weighted by Gasteiger charge is -2.16. The minimum absolute atomic E-state index is 0.0617. The first kappa shape index (κ1) is 19.9. The molecular weight excluding hydrogens is 385 g/mol. The molecule has 0 bridgehead atoms. The number of nitrogens with one attached hydrogen (secondary N) is 1. The molecule has 1 fully saturated rings. The fraction of sp³-hybridized carbons (Fsp3) is 0.304. The molecule has 7 heteroatoms. The summed E-state index contributed by atoms with van der Waals surface area (Å²) in [5.41, 5.74) is 0.365. The fourth-order valence-corrected chi connectivity index (χ4v) is 3.97. The maximum Gasteiger partial charge on any atom is 0.240 e. The zero-order valence-corrected chi connectivity index (χ0v) is 16.7. The summed E-state index contributed by atoms with van der Waals surface area (Å²) in [5, 5.41) is 3.20. The summed E-state index contributed by atoms with van der Waals surface area (Å²) >= 11 is 0. The minimum Gasteiger partial charge on any atom is -0.352 e. The molecule has 2 heterocycles. The van der Waals surface area contributed by atoms with Crippen LogP contribution in [0.25, 0.3) is 10.9 Å². The van der Waals surface area contributed by atoms with Crippen molar-refractivity contribution in [3.05, 3.63) is 75.6 Å². The maximum atomic E-state index is 14.3. The Bertz CT molecular complexity index is 1180. The summed E-state index contributed by atoms with van der Waals surface area (Å²) in [6.07, 6.45) is 8.35. The van der Waals surface area contributed by atoms with E-state index in [1.54, 1.807) is 6.92 Å². The van der Waals surface area contributed by atoms with Gasteiger partial charge in [-0.25, -0.2) is 4.39 Å². The van der Waals surface area contributed by atoms with Crippen LogP contribution in [0.1, 0.15) is 47.2 Å². The number of benzene rings is 1. The van der Waals surface area contributed by atoms with E-state index in [-0.39, 0.29) is 35.0 Å². The second-order valence-corrected chi connectivity index (χ2v) is 7.73. The molecule has 1 saturated carbocycles. The number of aromatic nitrogens is 2. The predicted molar refractivity (Wildman–Crippen MR) is 111 cm³/mol. The zero-order valence-electron chi connectivity index (χ0n) is 16.7. The van der Waals surface area contributed by atoms with Gasteiger partial charge in [0, 0.05) is 35.6 Å². The van der Waals surface area contributed by atoms with Gasteiger partial charge in [-0.05, 0) is 49.6 Å². The molecule has 0 spiro atoms. The Morgan fingerprint density at radius 2 is 1.90 bits per heavy atom. The van der Waals surface area contributed by atoms with E-state index in [0.717, 1.165) is 25.7 Å². The van der Waals surface area contributed by atoms with Crippen LogP contribution in [0.5, 0.6) is 0 Å². The van der Waals surface area contributed by atoms with Crippen LogP contribution in [-0.2, 0) is 11.3 Å². The Labute approximate surface area is 172 Å². The van der Waals surface area contributed by atoms with Gasteiger partial charge in [-0.15, -0.1) is 0 Å². The summed E-state index contributed by atoms with van der Waals surface area (Å²) in [6, 6.07) is 5.87. The van der Waals surface area contributed by atoms with Crippen LogP contribution in [0.15, 0.2) is 47.7 Å². The van der Waals surface area contributed by atoms with Gasteiger partial charge in [0.05, 0.1) is 11.1 Å². The molecule has 0 unspecified atom stereocenters. The summed E-state index contributed by atoms with van der Waals surface area (Å²) < 4.78 is 15.7. The smallest absolute Gasteiger partial charge is 0.240 e. The van der Waals surface area contributed by atoms with Gasteiger partial charge in [0.1, 0.15) is 12.4 Å². The SMILES string of the molecule is Cc1cc2c(=O)c(C(=O)c3ccncc3)cn(CC(=O)NC3CCCC3)c2cc1F. The lowest BCUT2D eigenvalue weighted by molar-refractivity contribution is -0.122. The van der Waals surface area contributed by atoms with E-state index in [1.165, 1.54) is 47.4 Å². The number of fused-ring (bicyclic) bond motifs is 1. The van der Waals surface area contributed by atoms with Crippen molar-refractivity contribution in [2.75, 3.05) is 0 Å². The number of hydrogen-bond donors (Lipinski definition) is 1. The molecule has 1 aliphatic carbocycles. The standard InChI is InChI=1S/C23H22FN3O3/c1-14-10-17-20(11-19(14)24)27(13-21(28)26-16-4-2-3-5-16)12-18(23(17)30)22(29)15-6-8-25-9-7-15/h6-12,16H,2-5,13H2,1H3,(H,26,28). The molecular formula is C23H22FN3O3. The molecule has 1 N–H and O–H groups in total. The molecule has 1 aliphatic rings. The van der Waals surface area contributed by atoms with E-state index in [4.69, 9.17) is 0 Å². The highest BCUT2D eigenvalue weighted by molar-refractivity contribution is 6.10. The van der Waals surface area contributed by atoms with E-state index in [9.17, 15) is 18.8 Å². The molecule has 154 valence electrons. The topological polar surface area (TPSA) is 81.1 Å². The number of hydrogen-bond acceptors (Lipinski definition) is 4. The largest absolute Gasteiger partial charge is 0.352 e. The molecule has 1 aromatic carbocycles. The van der Waals surface area contributed by atoms with Crippen molar-refractivity contribution in [2.24, 2.45) is 0 Å². The van der Waals surface area contributed by atoms with Crippen molar-refractivity contribution in [2.45, 2.75) is 45.2 Å². The van der Waals surface area contributed by atoms with E-state index in [1.807, 2.05) is 0 Å². The van der Waals surface area contributed by atoms with E-state index >= 15 is 0 Å². The van der Waals surface area contributed by atoms with Gasteiger partial charge in [-0.1, -0.05) is 12.8 Å². The first-order chi connectivity index (χ1) is 14.4. The lowest BCUT2D eigenvalue weighted by atomic mass is 10.0. The van der Waals surface area contributed by atoms with Gasteiger partial charge >= 0.3 is 0 Å². The van der Waals surface area contributed by atoms with Crippen LogP contribution in [0, 0.1) is 12.7 Å². The van der Waals surface area contributed by atoms with Crippen LogP contribution < -0.4 is 10.7 Å². The number of amides is 1. The summed E-state index contributed by atoms with van der Waals surface area (Å²) in [5.74, 6) is -1.16. The molecule has 3 aromatic rings. The predicted octanol–water partition coefficient (Wildman–Crippen LogP) is 3.13. The third kappa shape index (κ3) is 3.87. The molecule has 0 aliphatic heterocycles. The average Bonchev–Trinajstić information content (AvgIpc) is 3.24. The molecule has 6 nitrogen and oxygen atoms in total. The molecule has 0 saturated heterocycles. The van der Waals surface area contributed by atoms with Crippen LogP contribution in [0.3, 0.4) is 0 Å². The minimum atomic E-state index is -0.484. The molecule has 0 radical (unpaired) electrons. The second kappa shape index (κ2) is 8.18. The van der Waals surface area contributed by atoms with Crippen LogP contribution in [0.2, 0.25) is 0 Å². The number of rotatable bonds is 5. The number of pyridine rings is 2. The van der Waals surface area contributed by atoms with Crippen molar-refractivity contribution in [1.82, 2.24) is 14.9 Å². The third-order valence-electron chi connectivity index (χ3n) is 5.58. The van der Waals surface area contributed by atoms with Crippen LogP contribution >= 0.6 is 0 Å². The van der Waals surface area contributed by atoms with Crippen molar-refractivity contribution < 1.29 is 14.0 Å². The van der Waals surface area contributed by atoms with Gasteiger partial charge in [-0.3, -0.25) is 19.4 Å². The van der Waals surface area contributed by atoms with Gasteiger partial charge in [0.15, 0.2) is 5.78 Å². The number of carbonyl (C=O) groups is 2. The van der Waals surface area contributed by atoms with Crippen molar-refractivity contribution in [3.63, 3.8) is 0 Å². The molecule has 1 amide bonds. The van der Waals surface area contributed by atoms with E-state index < -0.39 is 17.0 Å². The second-order valence-electron chi connectivity index (χ2n) is 7.73. The first-order valence-electron chi connectivity index (χ1n) is 10.0. The summed E-state index contributed by atoms with van der Waals surface area (Å²) in [4.78, 5) is 42.5. The van der Waals surface area contributed by atoms with Crippen molar-refractivity contribution >= 4 is 22.6 Å². The van der Waals surface area contributed by atoms with Crippen LogP contribution in [0.4, 0.5) is 4.39 Å². The Kier molecular flexibility index (Phi) is 5.44. The number of aryl methyl sites for hydroxylation is 1. The van der Waals surface area contributed by atoms with E-state index in [2.05, 4.69) is 10.3 Å². The maximum absolute atomic E-state index is 14.3. The van der Waals surface area contributed by atoms with Gasteiger partial charge in [0.25, 0.3) is 0 Å². The quantitative estimate of drug-likeness (QED) is 0.659. The average molecular weight is 407 g/mol. The Morgan fingerprint density at radius 3 is 2.60 bits per heavy atom. The fourth-order valence-electron chi connectivity index (χ4n) is 3.97. The zero-order chi connectivity index (χ0) is 21.3. The normalized spacial score (nSPS) is 14.2. The van der Waals surface area contributed by atoms with Gasteiger partial charge in [-0.2, -0.15) is 0 Å². The third-order valence-corrected chi connectivity index (χ3v) is 5.58. The first-order valence-corrected chi connectivity index (χ1v) is 10.0.